The fraction of sp³-hybridized carbons (Fsp3) is 0.0714. The molecule has 0 unspecified atom stereocenters. The normalized spacial score (nSPS) is 14.4. The predicted molar refractivity (Wildman–Crippen MR) is 149 cm³/mol. The van der Waals surface area contributed by atoms with Crippen LogP contribution in [0.15, 0.2) is 82.9 Å². The van der Waals surface area contributed by atoms with Crippen LogP contribution in [0.2, 0.25) is 0 Å². The van der Waals surface area contributed by atoms with Crippen molar-refractivity contribution in [2.75, 3.05) is 11.5 Å². The Morgan fingerprint density at radius 2 is 1.77 bits per heavy atom. The van der Waals surface area contributed by atoms with Gasteiger partial charge in [0.15, 0.2) is 11.5 Å². The number of non-ortho nitro benzene ring substituents is 1. The van der Waals surface area contributed by atoms with E-state index in [1.165, 1.54) is 48.6 Å². The highest BCUT2D eigenvalue weighted by atomic mass is 79.9. The zero-order valence-corrected chi connectivity index (χ0v) is 22.4. The number of nitro benzene ring substituents is 1. The van der Waals surface area contributed by atoms with Crippen molar-refractivity contribution in [3.63, 3.8) is 0 Å². The predicted octanol–water partition coefficient (Wildman–Crippen LogP) is 5.04. The Morgan fingerprint density at radius 1 is 1.02 bits per heavy atom. The molecule has 1 saturated heterocycles. The number of anilines is 1. The van der Waals surface area contributed by atoms with Crippen LogP contribution in [0.5, 0.6) is 11.5 Å². The average molecular weight is 606 g/mol. The highest BCUT2D eigenvalue weighted by molar-refractivity contribution is 9.10. The fourth-order valence-corrected chi connectivity index (χ4v) is 3.93. The van der Waals surface area contributed by atoms with Gasteiger partial charge in [-0.1, -0.05) is 34.1 Å². The molecular formula is C28H20BrN3O8. The summed E-state index contributed by atoms with van der Waals surface area (Å²) in [4.78, 5) is 61.7. The molecule has 1 N–H and O–H groups in total. The molecule has 4 amide bonds. The topological polar surface area (TPSA) is 145 Å². The van der Waals surface area contributed by atoms with Gasteiger partial charge in [-0.3, -0.25) is 25.0 Å². The quantitative estimate of drug-likeness (QED) is 0.0938. The van der Waals surface area contributed by atoms with E-state index in [2.05, 4.69) is 21.2 Å². The van der Waals surface area contributed by atoms with Crippen LogP contribution >= 0.6 is 15.9 Å². The van der Waals surface area contributed by atoms with E-state index < -0.39 is 28.7 Å². The number of hydrogen-bond donors (Lipinski definition) is 1. The first kappa shape index (κ1) is 27.9. The van der Waals surface area contributed by atoms with Gasteiger partial charge in [0.05, 0.1) is 17.2 Å². The van der Waals surface area contributed by atoms with Crippen LogP contribution in [-0.4, -0.2) is 35.3 Å². The number of nitro groups is 1. The van der Waals surface area contributed by atoms with Gasteiger partial charge in [0.2, 0.25) is 0 Å². The van der Waals surface area contributed by atoms with Gasteiger partial charge < -0.3 is 9.47 Å². The van der Waals surface area contributed by atoms with Gasteiger partial charge in [-0.05, 0) is 66.6 Å². The summed E-state index contributed by atoms with van der Waals surface area (Å²) in [7, 11) is 0. The number of carbonyl (C=O) groups is 4. The monoisotopic (exact) mass is 605 g/mol. The van der Waals surface area contributed by atoms with Crippen molar-refractivity contribution < 1.29 is 33.6 Å². The van der Waals surface area contributed by atoms with Gasteiger partial charge in [-0.25, -0.2) is 14.5 Å². The van der Waals surface area contributed by atoms with E-state index in [0.717, 1.165) is 15.4 Å². The molecule has 1 fully saturated rings. The van der Waals surface area contributed by atoms with Gasteiger partial charge >= 0.3 is 12.0 Å². The molecule has 1 heterocycles. The summed E-state index contributed by atoms with van der Waals surface area (Å²) in [6.45, 7) is 1.94. The molecule has 1 aliphatic heterocycles. The van der Waals surface area contributed by atoms with Gasteiger partial charge in [-0.2, -0.15) is 0 Å². The third-order valence-electron chi connectivity index (χ3n) is 5.47. The van der Waals surface area contributed by atoms with Crippen molar-refractivity contribution in [2.24, 2.45) is 0 Å². The molecule has 40 heavy (non-hydrogen) atoms. The van der Waals surface area contributed by atoms with Crippen LogP contribution in [-0.2, 0) is 14.4 Å². The summed E-state index contributed by atoms with van der Waals surface area (Å²) in [5.74, 6) is -2.19. The number of barbiturate groups is 1. The summed E-state index contributed by atoms with van der Waals surface area (Å²) in [6.07, 6.45) is 3.79. The Balaban J connectivity index is 1.56. The number of imide groups is 2. The van der Waals surface area contributed by atoms with Gasteiger partial charge in [0, 0.05) is 22.7 Å². The van der Waals surface area contributed by atoms with Crippen LogP contribution < -0.4 is 19.7 Å². The smallest absolute Gasteiger partial charge is 0.336 e. The largest absolute Gasteiger partial charge is 0.490 e. The molecule has 1 aliphatic rings. The molecule has 12 heteroatoms. The van der Waals surface area contributed by atoms with Crippen LogP contribution in [0.4, 0.5) is 16.2 Å². The van der Waals surface area contributed by atoms with E-state index in [4.69, 9.17) is 9.47 Å². The molecule has 3 aromatic rings. The maximum absolute atomic E-state index is 13.1. The first-order valence-corrected chi connectivity index (χ1v) is 12.5. The van der Waals surface area contributed by atoms with Crippen molar-refractivity contribution in [1.29, 1.82) is 0 Å². The fourth-order valence-electron chi connectivity index (χ4n) is 3.66. The van der Waals surface area contributed by atoms with Crippen molar-refractivity contribution in [3.8, 4) is 11.5 Å². The maximum Gasteiger partial charge on any atom is 0.336 e. The summed E-state index contributed by atoms with van der Waals surface area (Å²) in [6, 6.07) is 15.7. The molecular weight excluding hydrogens is 586 g/mol. The number of esters is 1. The molecule has 0 spiro atoms. The van der Waals surface area contributed by atoms with Gasteiger partial charge in [-0.15, -0.1) is 0 Å². The summed E-state index contributed by atoms with van der Waals surface area (Å²) in [5, 5.41) is 13.1. The molecule has 0 radical (unpaired) electrons. The van der Waals surface area contributed by atoms with Crippen LogP contribution in [0.1, 0.15) is 18.1 Å². The van der Waals surface area contributed by atoms with Gasteiger partial charge in [0.25, 0.3) is 17.5 Å². The van der Waals surface area contributed by atoms with Crippen molar-refractivity contribution in [1.82, 2.24) is 5.32 Å². The zero-order chi connectivity index (χ0) is 28.8. The second-order valence-corrected chi connectivity index (χ2v) is 9.10. The number of halogens is 1. The number of amides is 4. The van der Waals surface area contributed by atoms with Crippen molar-refractivity contribution in [2.45, 2.75) is 6.92 Å². The SMILES string of the molecule is CCOc1cc(/C=C2\C(=O)NC(=O)N(c3ccc(Br)cc3)C2=O)ccc1OC(=O)/C=C/c1cccc([N+](=O)[O-])c1. The molecule has 202 valence electrons. The number of carbonyl (C=O) groups excluding carboxylic acids is 4. The Kier molecular flexibility index (Phi) is 8.50. The minimum atomic E-state index is -0.870. The van der Waals surface area contributed by atoms with E-state index >= 15 is 0 Å². The second kappa shape index (κ2) is 12.2. The number of nitrogens with zero attached hydrogens (tertiary/aromatic N) is 2. The van der Waals surface area contributed by atoms with Crippen LogP contribution in [0, 0.1) is 10.1 Å². The Labute approximate surface area is 236 Å². The molecule has 0 atom stereocenters. The van der Waals surface area contributed by atoms with E-state index in [-0.39, 0.29) is 35.1 Å². The number of nitrogens with one attached hydrogen (secondary N) is 1. The number of benzene rings is 3. The minimum absolute atomic E-state index is 0.0729. The Bertz CT molecular complexity index is 1580. The number of rotatable bonds is 8. The van der Waals surface area contributed by atoms with Crippen molar-refractivity contribution >= 4 is 63.3 Å². The highest BCUT2D eigenvalue weighted by Gasteiger charge is 2.36. The molecule has 4 rings (SSSR count). The lowest BCUT2D eigenvalue weighted by atomic mass is 10.1. The number of hydrogen-bond acceptors (Lipinski definition) is 8. The molecule has 0 aromatic heterocycles. The molecule has 11 nitrogen and oxygen atoms in total. The standard InChI is InChI=1S/C28H20BrN3O8/c1-2-39-24-16-18(6-12-23(24)40-25(33)13-7-17-4-3-5-21(14-17)32(37)38)15-22-26(34)30-28(36)31(27(22)35)20-10-8-19(29)9-11-20/h3-16H,2H2,1H3,(H,30,34,36)/b13-7+,22-15+. The third-order valence-corrected chi connectivity index (χ3v) is 6.00. The lowest BCUT2D eigenvalue weighted by Crippen LogP contribution is -2.54. The number of ether oxygens (including phenoxy) is 2. The zero-order valence-electron chi connectivity index (χ0n) is 20.8. The van der Waals surface area contributed by atoms with E-state index in [9.17, 15) is 29.3 Å². The minimum Gasteiger partial charge on any atom is -0.490 e. The van der Waals surface area contributed by atoms with E-state index in [0.29, 0.717) is 11.1 Å². The first-order valence-electron chi connectivity index (χ1n) is 11.7. The maximum atomic E-state index is 13.1. The Morgan fingerprint density at radius 3 is 2.48 bits per heavy atom. The molecule has 0 saturated carbocycles. The second-order valence-electron chi connectivity index (χ2n) is 8.18. The average Bonchev–Trinajstić information content (AvgIpc) is 2.92. The first-order chi connectivity index (χ1) is 19.2. The van der Waals surface area contributed by atoms with E-state index in [1.807, 2.05) is 0 Å². The highest BCUT2D eigenvalue weighted by Crippen LogP contribution is 2.31. The third kappa shape index (κ3) is 6.48. The molecule has 0 aliphatic carbocycles. The summed E-state index contributed by atoms with van der Waals surface area (Å²) < 4.78 is 11.7. The lowest BCUT2D eigenvalue weighted by molar-refractivity contribution is -0.384. The summed E-state index contributed by atoms with van der Waals surface area (Å²) >= 11 is 3.29. The van der Waals surface area contributed by atoms with Crippen molar-refractivity contribution in [3.05, 3.63) is 104 Å². The summed E-state index contributed by atoms with van der Waals surface area (Å²) in [5.41, 5.74) is 0.686. The Hall–Kier alpha value is -5.10. The van der Waals surface area contributed by atoms with Gasteiger partial charge in [0.1, 0.15) is 5.57 Å². The molecule has 0 bridgehead atoms. The van der Waals surface area contributed by atoms with E-state index in [1.54, 1.807) is 37.3 Å². The molecule has 3 aromatic carbocycles. The number of urea groups is 1. The lowest BCUT2D eigenvalue weighted by Gasteiger charge is -2.26. The van der Waals surface area contributed by atoms with Crippen LogP contribution in [0.25, 0.3) is 12.2 Å². The van der Waals surface area contributed by atoms with Crippen LogP contribution in [0.3, 0.4) is 0 Å².